The van der Waals surface area contributed by atoms with Gasteiger partial charge in [-0.3, -0.25) is 0 Å². The molecule has 1 aliphatic carbocycles. The molecule has 2 rings (SSSR count). The van der Waals surface area contributed by atoms with Crippen LogP contribution in [0.2, 0.25) is 0 Å². The minimum Gasteiger partial charge on any atom is -0.364 e. The summed E-state index contributed by atoms with van der Waals surface area (Å²) < 4.78 is 40.3. The number of alkyl halides is 3. The first-order chi connectivity index (χ1) is 7.96. The molecule has 1 aliphatic rings. The van der Waals surface area contributed by atoms with Crippen LogP contribution in [0, 0.1) is 0 Å². The molecule has 0 saturated carbocycles. The van der Waals surface area contributed by atoms with Crippen LogP contribution in [0.3, 0.4) is 0 Å². The molecule has 1 atom stereocenters. The maximum Gasteiger partial charge on any atom is 0.411 e. The smallest absolute Gasteiger partial charge is 0.364 e. The molecule has 1 aromatic heterocycles. The summed E-state index contributed by atoms with van der Waals surface area (Å²) in [7, 11) is 0. The van der Waals surface area contributed by atoms with Crippen LogP contribution >= 0.6 is 0 Å². The second kappa shape index (κ2) is 4.68. The van der Waals surface area contributed by atoms with Gasteiger partial charge in [0.05, 0.1) is 5.69 Å². The van der Waals surface area contributed by atoms with E-state index >= 15 is 0 Å². The van der Waals surface area contributed by atoms with Crippen molar-refractivity contribution in [1.29, 1.82) is 0 Å². The number of nitrogens with zero attached hydrogens (tertiary/aromatic N) is 1. The standard InChI is InChI=1S/C11H15F3N2O/c1-7-3-2-4-8-10(7)16-9(15-8)5-17-6-11(12,13)14/h7H,2-6H2,1H3,(H,15,16). The Morgan fingerprint density at radius 2 is 2.24 bits per heavy atom. The Bertz CT molecular complexity index is 387. The minimum absolute atomic E-state index is 0.112. The maximum absolute atomic E-state index is 11.9. The SMILES string of the molecule is CC1CCCc2[nH]c(COCC(F)(F)F)nc21. The third kappa shape index (κ3) is 3.21. The van der Waals surface area contributed by atoms with Crippen LogP contribution in [0.25, 0.3) is 0 Å². The Balaban J connectivity index is 1.94. The molecule has 3 nitrogen and oxygen atoms in total. The highest BCUT2D eigenvalue weighted by Gasteiger charge is 2.28. The van der Waals surface area contributed by atoms with Gasteiger partial charge >= 0.3 is 6.18 Å². The number of aromatic amines is 1. The van der Waals surface area contributed by atoms with Crippen molar-refractivity contribution in [2.24, 2.45) is 0 Å². The van der Waals surface area contributed by atoms with Crippen molar-refractivity contribution >= 4 is 0 Å². The third-order valence-corrected chi connectivity index (χ3v) is 2.89. The fourth-order valence-corrected chi connectivity index (χ4v) is 2.13. The van der Waals surface area contributed by atoms with E-state index in [1.807, 2.05) is 0 Å². The zero-order valence-corrected chi connectivity index (χ0v) is 9.60. The molecule has 1 aromatic rings. The van der Waals surface area contributed by atoms with E-state index in [4.69, 9.17) is 0 Å². The van der Waals surface area contributed by atoms with E-state index in [-0.39, 0.29) is 6.61 Å². The van der Waals surface area contributed by atoms with Gasteiger partial charge < -0.3 is 9.72 Å². The first kappa shape index (κ1) is 12.4. The molecule has 0 radical (unpaired) electrons. The van der Waals surface area contributed by atoms with Crippen molar-refractivity contribution in [3.8, 4) is 0 Å². The van der Waals surface area contributed by atoms with E-state index < -0.39 is 12.8 Å². The van der Waals surface area contributed by atoms with Crippen molar-refractivity contribution < 1.29 is 17.9 Å². The third-order valence-electron chi connectivity index (χ3n) is 2.89. The number of halogens is 3. The van der Waals surface area contributed by atoms with Crippen molar-refractivity contribution in [1.82, 2.24) is 9.97 Å². The van der Waals surface area contributed by atoms with Crippen LogP contribution in [-0.4, -0.2) is 22.8 Å². The van der Waals surface area contributed by atoms with Gasteiger partial charge in [-0.15, -0.1) is 0 Å². The molecule has 96 valence electrons. The summed E-state index contributed by atoms with van der Waals surface area (Å²) in [6, 6.07) is 0. The number of imidazole rings is 1. The number of fused-ring (bicyclic) bond motifs is 1. The Labute approximate surface area is 97.4 Å². The van der Waals surface area contributed by atoms with Crippen LogP contribution in [-0.2, 0) is 17.8 Å². The molecule has 1 unspecified atom stereocenters. The van der Waals surface area contributed by atoms with Crippen LogP contribution < -0.4 is 0 Å². The molecule has 0 spiro atoms. The second-order valence-electron chi connectivity index (χ2n) is 4.45. The maximum atomic E-state index is 11.9. The molecule has 17 heavy (non-hydrogen) atoms. The number of hydrogen-bond donors (Lipinski definition) is 1. The Kier molecular flexibility index (Phi) is 3.42. The topological polar surface area (TPSA) is 37.9 Å². The molecule has 0 aliphatic heterocycles. The zero-order chi connectivity index (χ0) is 12.5. The number of hydrogen-bond acceptors (Lipinski definition) is 2. The van der Waals surface area contributed by atoms with Gasteiger partial charge in [0.2, 0.25) is 0 Å². The van der Waals surface area contributed by atoms with Gasteiger partial charge in [0, 0.05) is 11.6 Å². The molecule has 1 N–H and O–H groups in total. The number of aromatic nitrogens is 2. The fraction of sp³-hybridized carbons (Fsp3) is 0.727. The average molecular weight is 248 g/mol. The van der Waals surface area contributed by atoms with Crippen molar-refractivity contribution in [2.45, 2.75) is 44.9 Å². The first-order valence-electron chi connectivity index (χ1n) is 5.68. The van der Waals surface area contributed by atoms with Crippen LogP contribution in [0.1, 0.15) is 42.9 Å². The van der Waals surface area contributed by atoms with E-state index in [0.29, 0.717) is 11.7 Å². The number of ether oxygens (including phenoxy) is 1. The largest absolute Gasteiger partial charge is 0.411 e. The number of rotatable bonds is 3. The van der Waals surface area contributed by atoms with Gasteiger partial charge in [-0.2, -0.15) is 13.2 Å². The van der Waals surface area contributed by atoms with Crippen LogP contribution in [0.4, 0.5) is 13.2 Å². The first-order valence-corrected chi connectivity index (χ1v) is 5.68. The van der Waals surface area contributed by atoms with Crippen molar-refractivity contribution in [3.05, 3.63) is 17.2 Å². The van der Waals surface area contributed by atoms with E-state index in [9.17, 15) is 13.2 Å². The van der Waals surface area contributed by atoms with E-state index in [0.717, 1.165) is 30.7 Å². The molecule has 6 heteroatoms. The Morgan fingerprint density at radius 1 is 1.47 bits per heavy atom. The normalized spacial score (nSPS) is 20.4. The molecular weight excluding hydrogens is 233 g/mol. The molecule has 0 saturated heterocycles. The molecular formula is C11H15F3N2O. The van der Waals surface area contributed by atoms with Gasteiger partial charge in [0.1, 0.15) is 19.0 Å². The molecule has 0 amide bonds. The zero-order valence-electron chi connectivity index (χ0n) is 9.60. The average Bonchev–Trinajstić information content (AvgIpc) is 2.60. The summed E-state index contributed by atoms with van der Waals surface area (Å²) in [5.74, 6) is 0.874. The molecule has 1 heterocycles. The van der Waals surface area contributed by atoms with Gasteiger partial charge in [-0.25, -0.2) is 4.98 Å². The van der Waals surface area contributed by atoms with Crippen molar-refractivity contribution in [3.63, 3.8) is 0 Å². The number of nitrogens with one attached hydrogen (secondary N) is 1. The lowest BCUT2D eigenvalue weighted by Crippen LogP contribution is -2.17. The fourth-order valence-electron chi connectivity index (χ4n) is 2.13. The Hall–Kier alpha value is -1.04. The molecule has 0 aromatic carbocycles. The quantitative estimate of drug-likeness (QED) is 0.893. The summed E-state index contributed by atoms with van der Waals surface area (Å²) >= 11 is 0. The molecule has 0 fully saturated rings. The lowest BCUT2D eigenvalue weighted by molar-refractivity contribution is -0.177. The van der Waals surface area contributed by atoms with Crippen LogP contribution in [0.15, 0.2) is 0 Å². The monoisotopic (exact) mass is 248 g/mol. The number of H-pyrrole nitrogens is 1. The van der Waals surface area contributed by atoms with E-state index in [2.05, 4.69) is 21.6 Å². The number of aryl methyl sites for hydroxylation is 1. The predicted molar refractivity (Wildman–Crippen MR) is 55.7 cm³/mol. The van der Waals surface area contributed by atoms with Gasteiger partial charge in [-0.1, -0.05) is 6.92 Å². The predicted octanol–water partition coefficient (Wildman–Crippen LogP) is 2.93. The second-order valence-corrected chi connectivity index (χ2v) is 4.45. The van der Waals surface area contributed by atoms with Gasteiger partial charge in [-0.05, 0) is 19.3 Å². The summed E-state index contributed by atoms with van der Waals surface area (Å²) in [5, 5.41) is 0. The highest BCUT2D eigenvalue weighted by Crippen LogP contribution is 2.29. The summed E-state index contributed by atoms with van der Waals surface area (Å²) in [6.07, 6.45) is -1.18. The van der Waals surface area contributed by atoms with Gasteiger partial charge in [0.15, 0.2) is 0 Å². The summed E-state index contributed by atoms with van der Waals surface area (Å²) in [4.78, 5) is 7.35. The highest BCUT2D eigenvalue weighted by molar-refractivity contribution is 5.21. The van der Waals surface area contributed by atoms with Crippen LogP contribution in [0.5, 0.6) is 0 Å². The summed E-state index contributed by atoms with van der Waals surface area (Å²) in [6.45, 7) is 0.742. The van der Waals surface area contributed by atoms with Crippen molar-refractivity contribution in [2.75, 3.05) is 6.61 Å². The van der Waals surface area contributed by atoms with Gasteiger partial charge in [0.25, 0.3) is 0 Å². The highest BCUT2D eigenvalue weighted by atomic mass is 19.4. The minimum atomic E-state index is -4.28. The Morgan fingerprint density at radius 3 is 2.88 bits per heavy atom. The lowest BCUT2D eigenvalue weighted by Gasteiger charge is -2.15. The lowest BCUT2D eigenvalue weighted by atomic mass is 9.92. The summed E-state index contributed by atoms with van der Waals surface area (Å²) in [5.41, 5.74) is 2.04. The van der Waals surface area contributed by atoms with E-state index in [1.165, 1.54) is 0 Å². The molecule has 0 bridgehead atoms. The van der Waals surface area contributed by atoms with E-state index in [1.54, 1.807) is 0 Å².